The lowest BCUT2D eigenvalue weighted by molar-refractivity contribution is -0.115. The molecule has 0 fully saturated rings. The zero-order valence-electron chi connectivity index (χ0n) is 17.1. The maximum atomic E-state index is 12.8. The first-order valence-corrected chi connectivity index (χ1v) is 12.3. The molecule has 2 aromatic heterocycles. The van der Waals surface area contributed by atoms with Crippen molar-refractivity contribution in [2.24, 2.45) is 0 Å². The van der Waals surface area contributed by atoms with Crippen molar-refractivity contribution < 1.29 is 4.79 Å². The lowest BCUT2D eigenvalue weighted by Crippen LogP contribution is -2.26. The average molecular weight is 505 g/mol. The number of carbonyl (C=O) groups is 1. The number of fused-ring (bicyclic) bond motifs is 1. The molecule has 1 N–H and O–H groups in total. The van der Waals surface area contributed by atoms with Crippen molar-refractivity contribution in [3.63, 3.8) is 0 Å². The van der Waals surface area contributed by atoms with E-state index >= 15 is 0 Å². The molecule has 0 spiro atoms. The summed E-state index contributed by atoms with van der Waals surface area (Å²) in [5, 5.41) is 6.73. The van der Waals surface area contributed by atoms with Crippen LogP contribution in [0.4, 0.5) is 5.13 Å². The van der Waals surface area contributed by atoms with Crippen molar-refractivity contribution in [3.8, 4) is 11.3 Å². The summed E-state index contributed by atoms with van der Waals surface area (Å²) >= 11 is 14.8. The topological polar surface area (TPSA) is 76.9 Å². The molecule has 0 saturated heterocycles. The number of nitrogens with zero attached hydrogens (tertiary/aromatic N) is 3. The van der Waals surface area contributed by atoms with E-state index in [0.717, 1.165) is 5.56 Å². The van der Waals surface area contributed by atoms with E-state index in [0.29, 0.717) is 43.5 Å². The Kier molecular flexibility index (Phi) is 6.85. The van der Waals surface area contributed by atoms with E-state index < -0.39 is 5.25 Å². The zero-order valence-corrected chi connectivity index (χ0v) is 20.3. The van der Waals surface area contributed by atoms with Gasteiger partial charge >= 0.3 is 0 Å². The van der Waals surface area contributed by atoms with Crippen LogP contribution in [0, 0.1) is 0 Å². The van der Waals surface area contributed by atoms with E-state index in [1.54, 1.807) is 41.8 Å². The highest BCUT2D eigenvalue weighted by Gasteiger charge is 2.20. The number of hydrogen-bond donors (Lipinski definition) is 1. The summed E-state index contributed by atoms with van der Waals surface area (Å²) in [5.74, 6) is -0.233. The van der Waals surface area contributed by atoms with Crippen LogP contribution >= 0.6 is 46.3 Å². The molecule has 1 atom stereocenters. The smallest absolute Gasteiger partial charge is 0.262 e. The Bertz CT molecular complexity index is 1370. The number of thioether (sulfide) groups is 1. The Labute approximate surface area is 202 Å². The maximum absolute atomic E-state index is 12.8. The third kappa shape index (κ3) is 4.68. The van der Waals surface area contributed by atoms with E-state index in [-0.39, 0.29) is 11.5 Å². The van der Waals surface area contributed by atoms with Gasteiger partial charge in [0.1, 0.15) is 0 Å². The molecule has 0 aliphatic carbocycles. The lowest BCUT2D eigenvalue weighted by Gasteiger charge is -2.14. The lowest BCUT2D eigenvalue weighted by atomic mass is 10.2. The fraction of sp³-hybridized carbons (Fsp3) is 0.182. The third-order valence-electron chi connectivity index (χ3n) is 4.74. The van der Waals surface area contributed by atoms with Gasteiger partial charge in [0.05, 0.1) is 26.9 Å². The Morgan fingerprint density at radius 2 is 2.00 bits per heavy atom. The van der Waals surface area contributed by atoms with Crippen molar-refractivity contribution in [2.45, 2.75) is 30.8 Å². The van der Waals surface area contributed by atoms with Gasteiger partial charge < -0.3 is 5.32 Å². The second-order valence-corrected chi connectivity index (χ2v) is 9.88. The minimum atomic E-state index is -0.493. The minimum Gasteiger partial charge on any atom is -0.301 e. The van der Waals surface area contributed by atoms with Crippen molar-refractivity contribution in [1.82, 2.24) is 14.5 Å². The summed E-state index contributed by atoms with van der Waals surface area (Å²) < 4.78 is 1.58. The van der Waals surface area contributed by atoms with Gasteiger partial charge in [-0.25, -0.2) is 9.97 Å². The number of rotatable bonds is 6. The van der Waals surface area contributed by atoms with Gasteiger partial charge in [0.15, 0.2) is 10.3 Å². The molecule has 0 bridgehead atoms. The molecule has 1 unspecified atom stereocenters. The van der Waals surface area contributed by atoms with E-state index in [2.05, 4.69) is 15.3 Å². The van der Waals surface area contributed by atoms with Crippen molar-refractivity contribution in [3.05, 3.63) is 68.2 Å². The molecule has 2 aromatic carbocycles. The number of nitrogens with one attached hydrogen (secondary N) is 1. The molecular weight excluding hydrogens is 487 g/mol. The fourth-order valence-electron chi connectivity index (χ4n) is 3.09. The number of benzene rings is 2. The molecule has 1 amide bonds. The number of amides is 1. The highest BCUT2D eigenvalue weighted by molar-refractivity contribution is 8.00. The SMILES string of the molecule is CCn1c(SC(C)C(=O)Nc2nc(-c3ccc(Cl)cc3Cl)cs2)nc2ccccc2c1=O. The molecule has 2 heterocycles. The van der Waals surface area contributed by atoms with Crippen LogP contribution < -0.4 is 10.9 Å². The van der Waals surface area contributed by atoms with Crippen LogP contribution in [0.25, 0.3) is 22.2 Å². The van der Waals surface area contributed by atoms with Gasteiger partial charge in [-0.1, -0.05) is 47.1 Å². The first-order valence-electron chi connectivity index (χ1n) is 9.75. The number of carbonyl (C=O) groups excluding carboxylic acids is 1. The summed E-state index contributed by atoms with van der Waals surface area (Å²) in [6, 6.07) is 12.4. The molecule has 164 valence electrons. The van der Waals surface area contributed by atoms with Crippen LogP contribution in [0.3, 0.4) is 0 Å². The first kappa shape index (κ1) is 22.8. The molecule has 6 nitrogen and oxygen atoms in total. The van der Waals surface area contributed by atoms with E-state index in [1.165, 1.54) is 23.1 Å². The molecule has 0 radical (unpaired) electrons. The second kappa shape index (κ2) is 9.62. The van der Waals surface area contributed by atoms with E-state index in [1.807, 2.05) is 24.4 Å². The molecule has 4 aromatic rings. The number of para-hydroxylation sites is 1. The fourth-order valence-corrected chi connectivity index (χ4v) is 5.28. The molecule has 10 heteroatoms. The average Bonchev–Trinajstić information content (AvgIpc) is 3.22. The largest absolute Gasteiger partial charge is 0.301 e. The highest BCUT2D eigenvalue weighted by atomic mass is 35.5. The summed E-state index contributed by atoms with van der Waals surface area (Å²) in [5.41, 5.74) is 1.89. The third-order valence-corrected chi connectivity index (χ3v) is 7.13. The van der Waals surface area contributed by atoms with Crippen LogP contribution in [0.1, 0.15) is 13.8 Å². The predicted octanol–water partition coefficient (Wildman–Crippen LogP) is 5.97. The summed E-state index contributed by atoms with van der Waals surface area (Å²) in [6.45, 7) is 4.11. The van der Waals surface area contributed by atoms with Crippen molar-refractivity contribution >= 4 is 68.2 Å². The van der Waals surface area contributed by atoms with Crippen LogP contribution in [-0.2, 0) is 11.3 Å². The number of aromatic nitrogens is 3. The van der Waals surface area contributed by atoms with Gasteiger partial charge in [0, 0.05) is 22.5 Å². The predicted molar refractivity (Wildman–Crippen MR) is 133 cm³/mol. The van der Waals surface area contributed by atoms with Gasteiger partial charge in [0.25, 0.3) is 5.56 Å². The second-order valence-electron chi connectivity index (χ2n) is 6.87. The molecule has 4 rings (SSSR count). The molecule has 0 aliphatic rings. The minimum absolute atomic E-state index is 0.113. The monoisotopic (exact) mass is 504 g/mol. The summed E-state index contributed by atoms with van der Waals surface area (Å²) in [7, 11) is 0. The quantitative estimate of drug-likeness (QED) is 0.258. The Hall–Kier alpha value is -2.39. The maximum Gasteiger partial charge on any atom is 0.262 e. The van der Waals surface area contributed by atoms with Gasteiger partial charge in [-0.3, -0.25) is 14.2 Å². The summed E-state index contributed by atoms with van der Waals surface area (Å²) in [4.78, 5) is 34.7. The van der Waals surface area contributed by atoms with Crippen LogP contribution in [-0.4, -0.2) is 25.7 Å². The van der Waals surface area contributed by atoms with E-state index in [4.69, 9.17) is 23.2 Å². The van der Waals surface area contributed by atoms with Crippen molar-refractivity contribution in [1.29, 1.82) is 0 Å². The molecule has 0 aliphatic heterocycles. The summed E-state index contributed by atoms with van der Waals surface area (Å²) in [6.07, 6.45) is 0. The van der Waals surface area contributed by atoms with Gasteiger partial charge in [-0.05, 0) is 44.2 Å². The molecule has 32 heavy (non-hydrogen) atoms. The number of hydrogen-bond acceptors (Lipinski definition) is 6. The van der Waals surface area contributed by atoms with Crippen LogP contribution in [0.5, 0.6) is 0 Å². The number of thiazole rings is 1. The highest BCUT2D eigenvalue weighted by Crippen LogP contribution is 2.32. The Balaban J connectivity index is 1.52. The number of halogens is 2. The molecular formula is C22H18Cl2N4O2S2. The van der Waals surface area contributed by atoms with Gasteiger partial charge in [-0.2, -0.15) is 0 Å². The Morgan fingerprint density at radius 1 is 1.22 bits per heavy atom. The Morgan fingerprint density at radius 3 is 2.75 bits per heavy atom. The zero-order chi connectivity index (χ0) is 22.8. The number of anilines is 1. The standard InChI is InChI=1S/C22H18Cl2N4O2S2/c1-3-28-20(30)15-6-4-5-7-17(15)26-22(28)32-12(2)19(29)27-21-25-18(11-31-21)14-9-8-13(23)10-16(14)24/h4-12H,3H2,1-2H3,(H,25,27,29). The van der Waals surface area contributed by atoms with E-state index in [9.17, 15) is 9.59 Å². The van der Waals surface area contributed by atoms with Crippen molar-refractivity contribution in [2.75, 3.05) is 5.32 Å². The van der Waals surface area contributed by atoms with Gasteiger partial charge in [0.2, 0.25) is 5.91 Å². The molecule has 0 saturated carbocycles. The normalized spacial score (nSPS) is 12.1. The van der Waals surface area contributed by atoms with Gasteiger partial charge in [-0.15, -0.1) is 11.3 Å². The van der Waals surface area contributed by atoms with Crippen LogP contribution in [0.15, 0.2) is 57.8 Å². The first-order chi connectivity index (χ1) is 15.4. The van der Waals surface area contributed by atoms with Crippen LogP contribution in [0.2, 0.25) is 10.0 Å².